The Morgan fingerprint density at radius 2 is 2.00 bits per heavy atom. The molecule has 84 valence electrons. The second kappa shape index (κ2) is 4.95. The smallest absolute Gasteiger partial charge is 0.142 e. The Labute approximate surface area is 95.6 Å². The van der Waals surface area contributed by atoms with Gasteiger partial charge in [0.25, 0.3) is 0 Å². The van der Waals surface area contributed by atoms with Crippen LogP contribution in [0.25, 0.3) is 0 Å². The second-order valence-electron chi connectivity index (χ2n) is 4.64. The van der Waals surface area contributed by atoms with Crippen molar-refractivity contribution in [1.82, 2.24) is 5.32 Å². The van der Waals surface area contributed by atoms with Crippen LogP contribution in [-0.4, -0.2) is 12.1 Å². The molecular weight excluding hydrogens is 213 g/mol. The molecule has 3 heteroatoms. The second-order valence-corrected chi connectivity index (χ2v) is 5.02. The third kappa shape index (κ3) is 4.18. The van der Waals surface area contributed by atoms with Crippen LogP contribution in [0.1, 0.15) is 26.3 Å². The van der Waals surface area contributed by atoms with Crippen molar-refractivity contribution in [3.05, 3.63) is 34.6 Å². The first-order valence-electron chi connectivity index (χ1n) is 5.08. The van der Waals surface area contributed by atoms with Gasteiger partial charge in [-0.3, -0.25) is 0 Å². The summed E-state index contributed by atoms with van der Waals surface area (Å²) in [6.45, 7) is 7.09. The Balaban J connectivity index is 2.55. The zero-order chi connectivity index (χ0) is 11.5. The molecule has 0 saturated heterocycles. The van der Waals surface area contributed by atoms with Gasteiger partial charge in [-0.25, -0.2) is 4.39 Å². The van der Waals surface area contributed by atoms with Crippen molar-refractivity contribution in [3.8, 4) is 0 Å². The summed E-state index contributed by atoms with van der Waals surface area (Å²) in [6.07, 6.45) is 0.744. The summed E-state index contributed by atoms with van der Waals surface area (Å²) in [5.74, 6) is -0.343. The summed E-state index contributed by atoms with van der Waals surface area (Å²) < 4.78 is 13.1. The maximum atomic E-state index is 13.1. The highest BCUT2D eigenvalue weighted by atomic mass is 35.5. The van der Waals surface area contributed by atoms with Gasteiger partial charge in [0.15, 0.2) is 0 Å². The minimum atomic E-state index is -0.343. The van der Waals surface area contributed by atoms with E-state index in [1.807, 2.05) is 6.07 Å². The van der Waals surface area contributed by atoms with Gasteiger partial charge in [0.2, 0.25) is 0 Å². The summed E-state index contributed by atoms with van der Waals surface area (Å²) >= 11 is 5.84. The van der Waals surface area contributed by atoms with Crippen LogP contribution >= 0.6 is 11.6 Å². The lowest BCUT2D eigenvalue weighted by Gasteiger charge is -2.20. The van der Waals surface area contributed by atoms with E-state index in [2.05, 4.69) is 26.1 Å². The van der Waals surface area contributed by atoms with E-state index in [9.17, 15) is 4.39 Å². The van der Waals surface area contributed by atoms with Crippen LogP contribution in [0.2, 0.25) is 5.02 Å². The van der Waals surface area contributed by atoms with Gasteiger partial charge in [-0.05, 0) is 45.4 Å². The van der Waals surface area contributed by atoms with Crippen molar-refractivity contribution in [2.75, 3.05) is 6.54 Å². The number of rotatable bonds is 3. The van der Waals surface area contributed by atoms with Crippen molar-refractivity contribution in [1.29, 1.82) is 0 Å². The van der Waals surface area contributed by atoms with Gasteiger partial charge in [-0.15, -0.1) is 0 Å². The molecule has 1 aromatic carbocycles. The van der Waals surface area contributed by atoms with Gasteiger partial charge in [0, 0.05) is 5.54 Å². The van der Waals surface area contributed by atoms with Crippen LogP contribution in [0.4, 0.5) is 4.39 Å². The van der Waals surface area contributed by atoms with Crippen molar-refractivity contribution >= 4 is 11.6 Å². The standard InChI is InChI=1S/C12H17ClFN/c1-12(2,3)15-8-7-9-5-4-6-10(14)11(9)13/h4-6,15H,7-8H2,1-3H3. The van der Waals surface area contributed by atoms with E-state index in [0.29, 0.717) is 0 Å². The molecule has 0 spiro atoms. The predicted molar refractivity (Wildman–Crippen MR) is 62.9 cm³/mol. The molecule has 0 fully saturated rings. The van der Waals surface area contributed by atoms with Crippen molar-refractivity contribution in [2.24, 2.45) is 0 Å². The Bertz CT molecular complexity index is 331. The van der Waals surface area contributed by atoms with Crippen LogP contribution < -0.4 is 5.32 Å². The van der Waals surface area contributed by atoms with Gasteiger partial charge in [0.1, 0.15) is 5.82 Å². The van der Waals surface area contributed by atoms with E-state index in [4.69, 9.17) is 11.6 Å². The molecule has 1 aromatic rings. The number of halogens is 2. The zero-order valence-electron chi connectivity index (χ0n) is 9.40. The van der Waals surface area contributed by atoms with Gasteiger partial charge in [-0.1, -0.05) is 23.7 Å². The largest absolute Gasteiger partial charge is 0.312 e. The maximum Gasteiger partial charge on any atom is 0.142 e. The van der Waals surface area contributed by atoms with E-state index in [1.165, 1.54) is 6.07 Å². The van der Waals surface area contributed by atoms with E-state index in [0.717, 1.165) is 18.5 Å². The molecule has 0 amide bonds. The minimum absolute atomic E-state index is 0.0831. The van der Waals surface area contributed by atoms with Crippen molar-refractivity contribution in [3.63, 3.8) is 0 Å². The Kier molecular flexibility index (Phi) is 4.12. The molecule has 1 N–H and O–H groups in total. The summed E-state index contributed by atoms with van der Waals surface area (Å²) in [5.41, 5.74) is 0.938. The molecule has 0 unspecified atom stereocenters. The van der Waals surface area contributed by atoms with E-state index < -0.39 is 0 Å². The topological polar surface area (TPSA) is 12.0 Å². The minimum Gasteiger partial charge on any atom is -0.312 e. The molecule has 15 heavy (non-hydrogen) atoms. The average molecular weight is 230 g/mol. The van der Waals surface area contributed by atoms with Gasteiger partial charge < -0.3 is 5.32 Å². The lowest BCUT2D eigenvalue weighted by Crippen LogP contribution is -2.37. The monoisotopic (exact) mass is 229 g/mol. The Morgan fingerprint density at radius 1 is 1.33 bits per heavy atom. The molecule has 0 aliphatic carbocycles. The van der Waals surface area contributed by atoms with E-state index in [1.54, 1.807) is 6.07 Å². The fraction of sp³-hybridized carbons (Fsp3) is 0.500. The summed E-state index contributed by atoms with van der Waals surface area (Å²) in [4.78, 5) is 0. The lowest BCUT2D eigenvalue weighted by molar-refractivity contribution is 0.429. The van der Waals surface area contributed by atoms with Crippen molar-refractivity contribution < 1.29 is 4.39 Å². The molecule has 0 aliphatic rings. The highest BCUT2D eigenvalue weighted by Crippen LogP contribution is 2.19. The molecule has 0 heterocycles. The number of benzene rings is 1. The highest BCUT2D eigenvalue weighted by Gasteiger charge is 2.09. The zero-order valence-corrected chi connectivity index (χ0v) is 10.2. The maximum absolute atomic E-state index is 13.1. The van der Waals surface area contributed by atoms with Crippen LogP contribution in [0, 0.1) is 5.82 Å². The molecule has 0 saturated carbocycles. The third-order valence-electron chi connectivity index (χ3n) is 2.08. The Morgan fingerprint density at radius 3 is 2.60 bits per heavy atom. The highest BCUT2D eigenvalue weighted by molar-refractivity contribution is 6.31. The van der Waals surface area contributed by atoms with E-state index >= 15 is 0 Å². The van der Waals surface area contributed by atoms with Gasteiger partial charge in [-0.2, -0.15) is 0 Å². The van der Waals surface area contributed by atoms with E-state index in [-0.39, 0.29) is 16.4 Å². The van der Waals surface area contributed by atoms with Crippen LogP contribution in [0.15, 0.2) is 18.2 Å². The molecule has 0 radical (unpaired) electrons. The van der Waals surface area contributed by atoms with Crippen LogP contribution in [0.5, 0.6) is 0 Å². The quantitative estimate of drug-likeness (QED) is 0.838. The van der Waals surface area contributed by atoms with Crippen LogP contribution in [0.3, 0.4) is 0 Å². The fourth-order valence-electron chi connectivity index (χ4n) is 1.31. The molecule has 1 nitrogen and oxygen atoms in total. The molecule has 0 aliphatic heterocycles. The summed E-state index contributed by atoms with van der Waals surface area (Å²) in [5, 5.41) is 3.58. The molecular formula is C12H17ClFN. The van der Waals surface area contributed by atoms with Crippen LogP contribution in [-0.2, 0) is 6.42 Å². The Hall–Kier alpha value is -0.600. The predicted octanol–water partition coefficient (Wildman–Crippen LogP) is 3.41. The van der Waals surface area contributed by atoms with Crippen molar-refractivity contribution in [2.45, 2.75) is 32.7 Å². The third-order valence-corrected chi connectivity index (χ3v) is 2.50. The molecule has 0 atom stereocenters. The number of hydrogen-bond donors (Lipinski definition) is 1. The fourth-order valence-corrected chi connectivity index (χ4v) is 1.53. The van der Waals surface area contributed by atoms with Gasteiger partial charge >= 0.3 is 0 Å². The molecule has 0 bridgehead atoms. The number of hydrogen-bond acceptors (Lipinski definition) is 1. The SMILES string of the molecule is CC(C)(C)NCCc1cccc(F)c1Cl. The summed E-state index contributed by atoms with van der Waals surface area (Å²) in [7, 11) is 0. The summed E-state index contributed by atoms with van der Waals surface area (Å²) in [6, 6.07) is 4.92. The molecule has 1 rings (SSSR count). The lowest BCUT2D eigenvalue weighted by atomic mass is 10.1. The first kappa shape index (κ1) is 12.5. The molecule has 0 aromatic heterocycles. The first-order chi connectivity index (χ1) is 6.90. The number of nitrogens with one attached hydrogen (secondary N) is 1. The average Bonchev–Trinajstić information content (AvgIpc) is 2.10. The normalized spacial score (nSPS) is 11.8. The van der Waals surface area contributed by atoms with Gasteiger partial charge in [0.05, 0.1) is 5.02 Å². The first-order valence-corrected chi connectivity index (χ1v) is 5.46.